The molecule has 98 valence electrons. The number of nitro groups is 1. The van der Waals surface area contributed by atoms with E-state index in [1.165, 1.54) is 24.3 Å². The van der Waals surface area contributed by atoms with E-state index in [2.05, 4.69) is 0 Å². The molecule has 1 atom stereocenters. The molecule has 0 radical (unpaired) electrons. The van der Waals surface area contributed by atoms with Crippen molar-refractivity contribution in [2.75, 3.05) is 13.1 Å². The van der Waals surface area contributed by atoms with Gasteiger partial charge in [-0.1, -0.05) is 6.42 Å². The number of nitrogens with zero attached hydrogens (tertiary/aromatic N) is 2. The van der Waals surface area contributed by atoms with Gasteiger partial charge in [0.05, 0.1) is 9.82 Å². The Labute approximate surface area is 106 Å². The molecule has 18 heavy (non-hydrogen) atoms. The minimum atomic E-state index is -2.99. The molecule has 6 nitrogen and oxygen atoms in total. The Bertz CT molecular complexity index is 533. The Morgan fingerprint density at radius 2 is 1.72 bits per heavy atom. The Kier molecular flexibility index (Phi) is 3.63. The molecule has 0 saturated carbocycles. The lowest BCUT2D eigenvalue weighted by molar-refractivity contribution is -0.384. The van der Waals surface area contributed by atoms with Crippen molar-refractivity contribution < 1.29 is 9.13 Å². The van der Waals surface area contributed by atoms with Gasteiger partial charge in [-0.2, -0.15) is 0 Å². The lowest BCUT2D eigenvalue weighted by Gasteiger charge is -2.28. The molecule has 1 N–H and O–H groups in total. The second kappa shape index (κ2) is 5.03. The van der Waals surface area contributed by atoms with E-state index >= 15 is 0 Å². The Morgan fingerprint density at radius 1 is 1.17 bits per heavy atom. The van der Waals surface area contributed by atoms with Crippen molar-refractivity contribution in [3.05, 3.63) is 34.4 Å². The topological polar surface area (TPSA) is 87.3 Å². The highest BCUT2D eigenvalue weighted by atomic mass is 32.2. The molecule has 0 spiro atoms. The molecule has 0 bridgehead atoms. The minimum Gasteiger partial charge on any atom is -0.258 e. The van der Waals surface area contributed by atoms with Gasteiger partial charge in [-0.25, -0.2) is 13.3 Å². The fourth-order valence-corrected chi connectivity index (χ4v) is 3.60. The summed E-state index contributed by atoms with van der Waals surface area (Å²) in [5.41, 5.74) is -0.0485. The summed E-state index contributed by atoms with van der Waals surface area (Å²) in [6.45, 7) is 1.30. The Hall–Kier alpha value is -1.47. The number of hydrogen-bond acceptors (Lipinski definition) is 4. The smallest absolute Gasteiger partial charge is 0.258 e. The quantitative estimate of drug-likeness (QED) is 0.675. The van der Waals surface area contributed by atoms with Crippen LogP contribution >= 0.6 is 0 Å². The first kappa shape index (κ1) is 13.0. The number of piperidine rings is 1. The molecule has 1 aromatic rings. The fraction of sp³-hybridized carbons (Fsp3) is 0.455. The number of nitro benzene ring substituents is 1. The summed E-state index contributed by atoms with van der Waals surface area (Å²) in [5, 5.41) is 10.5. The first-order chi connectivity index (χ1) is 8.51. The zero-order chi connectivity index (χ0) is 13.2. The number of benzene rings is 1. The highest BCUT2D eigenvalue weighted by Gasteiger charge is 2.22. The molecule has 2 rings (SSSR count). The SMILES string of the molecule is N=[S@@](=O)(c1ccc([N+](=O)[O-])cc1)N1CCCCC1. The van der Waals surface area contributed by atoms with E-state index < -0.39 is 14.8 Å². The van der Waals surface area contributed by atoms with Crippen LogP contribution < -0.4 is 0 Å². The number of rotatable bonds is 3. The summed E-state index contributed by atoms with van der Waals surface area (Å²) in [7, 11) is -2.99. The highest BCUT2D eigenvalue weighted by Crippen LogP contribution is 2.23. The molecular weight excluding hydrogens is 254 g/mol. The molecule has 1 saturated heterocycles. The molecule has 0 amide bonds. The summed E-state index contributed by atoms with van der Waals surface area (Å²) in [4.78, 5) is 10.4. The first-order valence-corrected chi connectivity index (χ1v) is 7.32. The zero-order valence-corrected chi connectivity index (χ0v) is 10.7. The van der Waals surface area contributed by atoms with Crippen LogP contribution in [0.4, 0.5) is 5.69 Å². The van der Waals surface area contributed by atoms with Crippen molar-refractivity contribution in [2.24, 2.45) is 0 Å². The predicted molar refractivity (Wildman–Crippen MR) is 67.6 cm³/mol. The maximum absolute atomic E-state index is 12.4. The maximum Gasteiger partial charge on any atom is 0.269 e. The fourth-order valence-electron chi connectivity index (χ4n) is 2.02. The molecule has 0 aliphatic carbocycles. The van der Waals surface area contributed by atoms with Gasteiger partial charge in [0.2, 0.25) is 0 Å². The standard InChI is InChI=1S/C11H15N3O3S/c12-18(17,13-8-2-1-3-9-13)11-6-4-10(5-7-11)14(15)16/h4-7,12H,1-3,8-9H2/t18-/m0/s1. The molecule has 1 aliphatic heterocycles. The van der Waals surface area contributed by atoms with Crippen molar-refractivity contribution in [1.29, 1.82) is 4.78 Å². The molecule has 1 aromatic carbocycles. The van der Waals surface area contributed by atoms with Crippen LogP contribution in [0.3, 0.4) is 0 Å². The summed E-state index contributed by atoms with van der Waals surface area (Å²) in [6, 6.07) is 5.44. The lowest BCUT2D eigenvalue weighted by Crippen LogP contribution is -2.34. The van der Waals surface area contributed by atoms with Gasteiger partial charge < -0.3 is 0 Å². The van der Waals surface area contributed by atoms with Gasteiger partial charge >= 0.3 is 0 Å². The Morgan fingerprint density at radius 3 is 2.22 bits per heavy atom. The molecule has 1 fully saturated rings. The summed E-state index contributed by atoms with van der Waals surface area (Å²) in [5.74, 6) is 0. The van der Waals surface area contributed by atoms with Crippen LogP contribution in [-0.4, -0.2) is 26.5 Å². The third kappa shape index (κ3) is 2.51. The normalized spacial score (nSPS) is 20.2. The zero-order valence-electron chi connectivity index (χ0n) is 9.87. The first-order valence-electron chi connectivity index (χ1n) is 5.80. The van der Waals surface area contributed by atoms with Crippen LogP contribution in [0.1, 0.15) is 19.3 Å². The van der Waals surface area contributed by atoms with Gasteiger partial charge in [0.25, 0.3) is 5.69 Å². The molecule has 1 heterocycles. The van der Waals surface area contributed by atoms with Gasteiger partial charge in [0, 0.05) is 25.2 Å². The molecule has 0 unspecified atom stereocenters. The van der Waals surface area contributed by atoms with Crippen molar-refractivity contribution >= 4 is 15.6 Å². The average molecular weight is 269 g/mol. The summed E-state index contributed by atoms with van der Waals surface area (Å²) >= 11 is 0. The van der Waals surface area contributed by atoms with Crippen LogP contribution in [-0.2, 0) is 9.92 Å². The molecule has 0 aromatic heterocycles. The van der Waals surface area contributed by atoms with Crippen molar-refractivity contribution in [1.82, 2.24) is 4.31 Å². The van der Waals surface area contributed by atoms with Gasteiger partial charge in [-0.3, -0.25) is 10.1 Å². The summed E-state index contributed by atoms with van der Waals surface area (Å²) < 4.78 is 22.1. The summed E-state index contributed by atoms with van der Waals surface area (Å²) in [6.07, 6.45) is 3.00. The third-order valence-corrected chi connectivity index (χ3v) is 5.05. The second-order valence-corrected chi connectivity index (χ2v) is 6.31. The van der Waals surface area contributed by atoms with Crippen molar-refractivity contribution in [3.63, 3.8) is 0 Å². The van der Waals surface area contributed by atoms with E-state index in [1.54, 1.807) is 4.31 Å². The number of nitrogens with one attached hydrogen (secondary N) is 1. The third-order valence-electron chi connectivity index (χ3n) is 3.05. The highest BCUT2D eigenvalue weighted by molar-refractivity contribution is 7.90. The minimum absolute atomic E-state index is 0.0485. The van der Waals surface area contributed by atoms with E-state index in [0.29, 0.717) is 18.0 Å². The van der Waals surface area contributed by atoms with Crippen LogP contribution in [0.25, 0.3) is 0 Å². The Balaban J connectivity index is 2.26. The van der Waals surface area contributed by atoms with E-state index in [9.17, 15) is 14.3 Å². The number of non-ortho nitro benzene ring substituents is 1. The van der Waals surface area contributed by atoms with Gasteiger partial charge in [0.15, 0.2) is 0 Å². The maximum atomic E-state index is 12.4. The van der Waals surface area contributed by atoms with Crippen LogP contribution in [0, 0.1) is 14.9 Å². The van der Waals surface area contributed by atoms with E-state index in [0.717, 1.165) is 19.3 Å². The van der Waals surface area contributed by atoms with Crippen LogP contribution in [0.2, 0.25) is 0 Å². The lowest BCUT2D eigenvalue weighted by atomic mass is 10.2. The van der Waals surface area contributed by atoms with Gasteiger partial charge in [-0.15, -0.1) is 0 Å². The van der Waals surface area contributed by atoms with E-state index in [-0.39, 0.29) is 5.69 Å². The predicted octanol–water partition coefficient (Wildman–Crippen LogP) is 2.40. The van der Waals surface area contributed by atoms with Gasteiger partial charge in [-0.05, 0) is 25.0 Å². The molecule has 1 aliphatic rings. The van der Waals surface area contributed by atoms with Crippen molar-refractivity contribution in [3.8, 4) is 0 Å². The molecule has 7 heteroatoms. The largest absolute Gasteiger partial charge is 0.269 e. The van der Waals surface area contributed by atoms with E-state index in [1.807, 2.05) is 0 Å². The molecular formula is C11H15N3O3S. The monoisotopic (exact) mass is 269 g/mol. The van der Waals surface area contributed by atoms with Gasteiger partial charge in [0.1, 0.15) is 9.92 Å². The average Bonchev–Trinajstić information content (AvgIpc) is 2.40. The van der Waals surface area contributed by atoms with Crippen LogP contribution in [0.5, 0.6) is 0 Å². The number of hydrogen-bond donors (Lipinski definition) is 1. The van der Waals surface area contributed by atoms with Crippen molar-refractivity contribution in [2.45, 2.75) is 24.2 Å². The second-order valence-electron chi connectivity index (χ2n) is 4.27. The van der Waals surface area contributed by atoms with E-state index in [4.69, 9.17) is 4.78 Å². The van der Waals surface area contributed by atoms with Crippen LogP contribution in [0.15, 0.2) is 29.2 Å².